The van der Waals surface area contributed by atoms with E-state index in [9.17, 15) is 15.3 Å². The van der Waals surface area contributed by atoms with Crippen LogP contribution in [-0.2, 0) is 0 Å². The molecular formula is C30H55NO3. The van der Waals surface area contributed by atoms with Crippen molar-refractivity contribution in [3.8, 4) is 0 Å². The summed E-state index contributed by atoms with van der Waals surface area (Å²) in [5, 5.41) is 33.6. The number of aliphatic hydroxyl groups is 3. The Morgan fingerprint density at radius 2 is 1.44 bits per heavy atom. The van der Waals surface area contributed by atoms with E-state index in [2.05, 4.69) is 34.6 Å². The Labute approximate surface area is 209 Å². The van der Waals surface area contributed by atoms with Crippen LogP contribution in [0.3, 0.4) is 0 Å². The van der Waals surface area contributed by atoms with Crippen molar-refractivity contribution in [1.29, 1.82) is 0 Å². The Bertz CT molecular complexity index is 772. The average Bonchev–Trinajstić information content (AvgIpc) is 3.07. The summed E-state index contributed by atoms with van der Waals surface area (Å²) in [6, 6.07) is 0.265. The third-order valence-corrected chi connectivity index (χ3v) is 12.8. The zero-order chi connectivity index (χ0) is 25.5. The lowest BCUT2D eigenvalue weighted by atomic mass is 9.35. The number of aliphatic hydroxyl groups excluding tert-OH is 1. The van der Waals surface area contributed by atoms with E-state index in [-0.39, 0.29) is 45.6 Å². The molecule has 0 bridgehead atoms. The van der Waals surface area contributed by atoms with Crippen molar-refractivity contribution in [1.82, 2.24) is 0 Å². The van der Waals surface area contributed by atoms with Gasteiger partial charge in [0, 0.05) is 6.04 Å². The minimum absolute atomic E-state index is 0.0396. The molecule has 0 aromatic heterocycles. The first-order valence-corrected chi connectivity index (χ1v) is 14.3. The van der Waals surface area contributed by atoms with E-state index in [4.69, 9.17) is 5.73 Å². The molecule has 0 radical (unpaired) electrons. The van der Waals surface area contributed by atoms with Gasteiger partial charge in [-0.1, -0.05) is 34.6 Å². The smallest absolute Gasteiger partial charge is 0.0651 e. The highest BCUT2D eigenvalue weighted by Gasteiger charge is 2.71. The fraction of sp³-hybridized carbons (Fsp3) is 1.00. The van der Waals surface area contributed by atoms with Gasteiger partial charge in [0.05, 0.1) is 17.3 Å². The van der Waals surface area contributed by atoms with Crippen molar-refractivity contribution in [2.75, 3.05) is 0 Å². The van der Waals surface area contributed by atoms with E-state index in [0.29, 0.717) is 24.7 Å². The van der Waals surface area contributed by atoms with Crippen molar-refractivity contribution >= 4 is 0 Å². The molecule has 4 nitrogen and oxygen atoms in total. The van der Waals surface area contributed by atoms with Crippen LogP contribution in [-0.4, -0.2) is 38.7 Å². The van der Waals surface area contributed by atoms with Crippen molar-refractivity contribution in [3.63, 3.8) is 0 Å². The maximum atomic E-state index is 11.8. The molecule has 4 aliphatic rings. The molecule has 4 aliphatic carbocycles. The lowest BCUT2D eigenvalue weighted by Gasteiger charge is -2.70. The molecule has 4 rings (SSSR count). The summed E-state index contributed by atoms with van der Waals surface area (Å²) in [5.41, 5.74) is 5.73. The first kappa shape index (κ1) is 26.9. The summed E-state index contributed by atoms with van der Waals surface area (Å²) in [5.74, 6) is 1.37. The molecule has 34 heavy (non-hydrogen) atoms. The number of rotatable bonds is 5. The molecule has 4 saturated carbocycles. The monoisotopic (exact) mass is 477 g/mol. The summed E-state index contributed by atoms with van der Waals surface area (Å²) in [6.45, 7) is 18.0. The summed E-state index contributed by atoms with van der Waals surface area (Å²) in [7, 11) is 0. The number of hydrogen-bond acceptors (Lipinski definition) is 4. The van der Waals surface area contributed by atoms with Gasteiger partial charge in [-0.2, -0.15) is 0 Å². The molecule has 198 valence electrons. The van der Waals surface area contributed by atoms with Gasteiger partial charge in [0.1, 0.15) is 0 Å². The lowest BCUT2D eigenvalue weighted by Crippen LogP contribution is -2.67. The van der Waals surface area contributed by atoms with Crippen molar-refractivity contribution in [2.45, 2.75) is 143 Å². The predicted octanol–water partition coefficient (Wildman–Crippen LogP) is 5.66. The Hall–Kier alpha value is -0.160. The molecule has 0 unspecified atom stereocenters. The van der Waals surface area contributed by atoms with Gasteiger partial charge in [-0.25, -0.2) is 0 Å². The Balaban J connectivity index is 1.62. The molecule has 0 amide bonds. The van der Waals surface area contributed by atoms with Crippen LogP contribution in [0.5, 0.6) is 0 Å². The maximum Gasteiger partial charge on any atom is 0.0651 e. The van der Waals surface area contributed by atoms with Gasteiger partial charge in [-0.3, -0.25) is 0 Å². The fourth-order valence-corrected chi connectivity index (χ4v) is 10.6. The Morgan fingerprint density at radius 1 is 0.824 bits per heavy atom. The molecule has 0 saturated heterocycles. The summed E-state index contributed by atoms with van der Waals surface area (Å²) in [6.07, 6.45) is 9.49. The first-order chi connectivity index (χ1) is 15.4. The first-order valence-electron chi connectivity index (χ1n) is 14.3. The normalized spacial score (nSPS) is 50.1. The quantitative estimate of drug-likeness (QED) is 0.411. The SMILES string of the molecule is CC(C)(O)CCC[C@@](C)(O)[C@H]1CC[C@]2(C)[C@@H]1[C@H](O)C[C@@H]1[C@@]3(C)CC[C@H](N)C(C)(C)[C@@H]3CC[C@]12C. The topological polar surface area (TPSA) is 86.7 Å². The van der Waals surface area contributed by atoms with E-state index >= 15 is 0 Å². The van der Waals surface area contributed by atoms with Gasteiger partial charge < -0.3 is 21.1 Å². The van der Waals surface area contributed by atoms with Gasteiger partial charge in [-0.15, -0.1) is 0 Å². The Kier molecular flexibility index (Phi) is 6.46. The fourth-order valence-electron chi connectivity index (χ4n) is 10.6. The van der Waals surface area contributed by atoms with Gasteiger partial charge >= 0.3 is 0 Å². The molecule has 0 aromatic rings. The van der Waals surface area contributed by atoms with E-state index in [0.717, 1.165) is 32.1 Å². The third-order valence-electron chi connectivity index (χ3n) is 12.8. The summed E-state index contributed by atoms with van der Waals surface area (Å²) >= 11 is 0. The van der Waals surface area contributed by atoms with Crippen LogP contribution in [0.2, 0.25) is 0 Å². The third kappa shape index (κ3) is 3.84. The van der Waals surface area contributed by atoms with Gasteiger partial charge in [0.25, 0.3) is 0 Å². The highest BCUT2D eigenvalue weighted by Crippen LogP contribution is 2.75. The lowest BCUT2D eigenvalue weighted by molar-refractivity contribution is -0.237. The molecule has 4 fully saturated rings. The van der Waals surface area contributed by atoms with Crippen LogP contribution < -0.4 is 5.73 Å². The van der Waals surface area contributed by atoms with Crippen molar-refractivity contribution in [2.24, 2.45) is 51.1 Å². The molecule has 4 heteroatoms. The zero-order valence-electron chi connectivity index (χ0n) is 23.5. The van der Waals surface area contributed by atoms with Crippen LogP contribution in [0.1, 0.15) is 120 Å². The molecule has 5 N–H and O–H groups in total. The van der Waals surface area contributed by atoms with Crippen molar-refractivity contribution in [3.05, 3.63) is 0 Å². The van der Waals surface area contributed by atoms with Crippen molar-refractivity contribution < 1.29 is 15.3 Å². The molecule has 0 aromatic carbocycles. The highest BCUT2D eigenvalue weighted by molar-refractivity contribution is 5.20. The number of nitrogens with two attached hydrogens (primary N) is 1. The van der Waals surface area contributed by atoms with Gasteiger partial charge in [-0.05, 0) is 130 Å². The number of fused-ring (bicyclic) bond motifs is 5. The summed E-state index contributed by atoms with van der Waals surface area (Å²) in [4.78, 5) is 0. The van der Waals surface area contributed by atoms with Crippen LogP contribution >= 0.6 is 0 Å². The number of hydrogen-bond donors (Lipinski definition) is 4. The van der Waals surface area contributed by atoms with Crippen LogP contribution in [0.25, 0.3) is 0 Å². The zero-order valence-corrected chi connectivity index (χ0v) is 23.5. The molecular weight excluding hydrogens is 422 g/mol. The largest absolute Gasteiger partial charge is 0.393 e. The van der Waals surface area contributed by atoms with Crippen LogP contribution in [0.4, 0.5) is 0 Å². The van der Waals surface area contributed by atoms with Gasteiger partial charge in [0.15, 0.2) is 0 Å². The second-order valence-corrected chi connectivity index (χ2v) is 15.4. The van der Waals surface area contributed by atoms with E-state index < -0.39 is 11.2 Å². The van der Waals surface area contributed by atoms with Gasteiger partial charge in [0.2, 0.25) is 0 Å². The average molecular weight is 478 g/mol. The second kappa shape index (κ2) is 8.17. The van der Waals surface area contributed by atoms with E-state index in [1.54, 1.807) is 0 Å². The molecule has 0 heterocycles. The minimum atomic E-state index is -0.807. The Morgan fingerprint density at radius 3 is 2.06 bits per heavy atom. The minimum Gasteiger partial charge on any atom is -0.393 e. The molecule has 0 aliphatic heterocycles. The van der Waals surface area contributed by atoms with Crippen LogP contribution in [0.15, 0.2) is 0 Å². The summed E-state index contributed by atoms with van der Waals surface area (Å²) < 4.78 is 0. The predicted molar refractivity (Wildman–Crippen MR) is 139 cm³/mol. The second-order valence-electron chi connectivity index (χ2n) is 15.4. The van der Waals surface area contributed by atoms with E-state index in [1.165, 1.54) is 19.3 Å². The van der Waals surface area contributed by atoms with E-state index in [1.807, 2.05) is 20.8 Å². The molecule has 0 spiro atoms. The standard InChI is InChI=1S/C30H55NO3/c1-25(2,33)13-9-14-30(8,34)19-10-16-29(7)24(19)20(32)18-22-27(5)15-12-23(31)26(3,4)21(27)11-17-28(22,29)6/h19-24,32-34H,9-18,31H2,1-8H3/t19-,20+,21-,22+,23-,24-,27-,28+,29+,30+/m0/s1. The maximum absolute atomic E-state index is 11.8. The van der Waals surface area contributed by atoms with Crippen LogP contribution in [0, 0.1) is 45.3 Å². The highest BCUT2D eigenvalue weighted by atomic mass is 16.3. The molecule has 10 atom stereocenters.